The SMILES string of the molecule is N#Cc1ccc(-c2ccc(-n3c4ccccc4c4c(-n5c6ccccc6c6cc(C#N)ccc65)cccc43)cc2)c(-n2c3ccccc3c3ccccc32)c1. The van der Waals surface area contributed by atoms with E-state index in [-0.39, 0.29) is 0 Å². The first-order chi connectivity index (χ1) is 27.2. The molecule has 0 N–H and O–H groups in total. The van der Waals surface area contributed by atoms with E-state index in [1.165, 1.54) is 10.8 Å². The lowest BCUT2D eigenvalue weighted by atomic mass is 10.0. The van der Waals surface area contributed by atoms with Crippen LogP contribution in [0.15, 0.2) is 176 Å². The highest BCUT2D eigenvalue weighted by molar-refractivity contribution is 6.16. The first kappa shape index (κ1) is 30.7. The number of benzene rings is 8. The quantitative estimate of drug-likeness (QED) is 0.184. The molecule has 0 atom stereocenters. The molecule has 0 unspecified atom stereocenters. The standard InChI is InChI=1S/C50H29N5/c51-30-32-21-27-46-41(28-32)39-12-3-7-16-44(39)54(46)48-19-9-18-47-50(48)40-13-4-8-17-45(40)53(47)35-24-22-34(23-25-35)36-26-20-33(31-52)29-49(36)55-42-14-5-1-10-37(42)38-11-2-6-15-43(38)55/h1-29H. The van der Waals surface area contributed by atoms with Gasteiger partial charge >= 0.3 is 0 Å². The molecule has 55 heavy (non-hydrogen) atoms. The molecule has 5 nitrogen and oxygen atoms in total. The van der Waals surface area contributed by atoms with Gasteiger partial charge in [0.25, 0.3) is 0 Å². The maximum absolute atomic E-state index is 9.99. The summed E-state index contributed by atoms with van der Waals surface area (Å²) in [7, 11) is 0. The average Bonchev–Trinajstić information content (AvgIpc) is 3.89. The second-order valence-corrected chi connectivity index (χ2v) is 14.0. The zero-order valence-electron chi connectivity index (χ0n) is 29.5. The van der Waals surface area contributed by atoms with Crippen molar-refractivity contribution in [3.8, 4) is 40.3 Å². The third-order valence-electron chi connectivity index (χ3n) is 11.1. The summed E-state index contributed by atoms with van der Waals surface area (Å²) in [4.78, 5) is 0. The highest BCUT2D eigenvalue weighted by atomic mass is 15.0. The van der Waals surface area contributed by atoms with E-state index < -0.39 is 0 Å². The Bertz CT molecular complexity index is 3400. The molecule has 8 aromatic carbocycles. The van der Waals surface area contributed by atoms with Gasteiger partial charge in [0.2, 0.25) is 0 Å². The molecular formula is C50H29N5. The van der Waals surface area contributed by atoms with Crippen LogP contribution in [0.2, 0.25) is 0 Å². The van der Waals surface area contributed by atoms with E-state index >= 15 is 0 Å². The van der Waals surface area contributed by atoms with Crippen LogP contribution in [-0.2, 0) is 0 Å². The van der Waals surface area contributed by atoms with Crippen molar-refractivity contribution in [1.82, 2.24) is 13.7 Å². The number of fused-ring (bicyclic) bond motifs is 9. The van der Waals surface area contributed by atoms with Gasteiger partial charge in [-0.15, -0.1) is 0 Å². The molecule has 0 aliphatic carbocycles. The molecule has 0 radical (unpaired) electrons. The summed E-state index contributed by atoms with van der Waals surface area (Å²) in [5.74, 6) is 0. The van der Waals surface area contributed by atoms with Crippen LogP contribution in [0, 0.1) is 22.7 Å². The first-order valence-electron chi connectivity index (χ1n) is 18.3. The van der Waals surface area contributed by atoms with Gasteiger partial charge in [0.05, 0.1) is 67.7 Å². The number of nitrogens with zero attached hydrogens (tertiary/aromatic N) is 5. The summed E-state index contributed by atoms with van der Waals surface area (Å²) in [5.41, 5.74) is 13.1. The molecule has 0 aliphatic heterocycles. The predicted octanol–water partition coefficient (Wildman–Crippen LogP) is 12.4. The number of nitriles is 2. The van der Waals surface area contributed by atoms with Gasteiger partial charge < -0.3 is 13.7 Å². The lowest BCUT2D eigenvalue weighted by molar-refractivity contribution is 1.16. The van der Waals surface area contributed by atoms with Gasteiger partial charge in [0.15, 0.2) is 0 Å². The van der Waals surface area contributed by atoms with Crippen molar-refractivity contribution in [2.75, 3.05) is 0 Å². The maximum atomic E-state index is 9.99. The van der Waals surface area contributed by atoms with Gasteiger partial charge in [-0.2, -0.15) is 10.5 Å². The second-order valence-electron chi connectivity index (χ2n) is 14.0. The molecule has 3 heterocycles. The number of hydrogen-bond donors (Lipinski definition) is 0. The molecule has 254 valence electrons. The van der Waals surface area contributed by atoms with E-state index in [4.69, 9.17) is 0 Å². The summed E-state index contributed by atoms with van der Waals surface area (Å²) < 4.78 is 6.99. The van der Waals surface area contributed by atoms with Gasteiger partial charge in [-0.25, -0.2) is 0 Å². The predicted molar refractivity (Wildman–Crippen MR) is 224 cm³/mol. The molecule has 0 spiro atoms. The monoisotopic (exact) mass is 699 g/mol. The molecule has 0 saturated heterocycles. The van der Waals surface area contributed by atoms with E-state index in [9.17, 15) is 10.5 Å². The van der Waals surface area contributed by atoms with Crippen LogP contribution in [0.4, 0.5) is 0 Å². The zero-order chi connectivity index (χ0) is 36.6. The number of aromatic nitrogens is 3. The fraction of sp³-hybridized carbons (Fsp3) is 0. The molecule has 0 aliphatic rings. The van der Waals surface area contributed by atoms with Crippen molar-refractivity contribution in [3.05, 3.63) is 187 Å². The molecule has 0 saturated carbocycles. The summed E-state index contributed by atoms with van der Waals surface area (Å²) in [6.07, 6.45) is 0. The minimum atomic E-state index is 0.618. The molecule has 11 rings (SSSR count). The van der Waals surface area contributed by atoms with Gasteiger partial charge in [0, 0.05) is 43.6 Å². The Hall–Kier alpha value is -7.86. The van der Waals surface area contributed by atoms with Crippen molar-refractivity contribution >= 4 is 65.4 Å². The number of para-hydroxylation sites is 4. The van der Waals surface area contributed by atoms with Crippen molar-refractivity contribution in [2.24, 2.45) is 0 Å². The van der Waals surface area contributed by atoms with Crippen LogP contribution in [0.25, 0.3) is 93.6 Å². The second kappa shape index (κ2) is 11.8. The lowest BCUT2D eigenvalue weighted by Crippen LogP contribution is -1.99. The van der Waals surface area contributed by atoms with E-state index in [0.29, 0.717) is 11.1 Å². The van der Waals surface area contributed by atoms with E-state index in [1.54, 1.807) is 0 Å². The third kappa shape index (κ3) is 4.45. The van der Waals surface area contributed by atoms with Crippen LogP contribution in [0.5, 0.6) is 0 Å². The van der Waals surface area contributed by atoms with Crippen LogP contribution >= 0.6 is 0 Å². The van der Waals surface area contributed by atoms with Crippen LogP contribution in [0.3, 0.4) is 0 Å². The largest absolute Gasteiger partial charge is 0.309 e. The van der Waals surface area contributed by atoms with Crippen molar-refractivity contribution in [1.29, 1.82) is 10.5 Å². The number of hydrogen-bond acceptors (Lipinski definition) is 2. The minimum Gasteiger partial charge on any atom is -0.309 e. The Morgan fingerprint density at radius 2 is 0.836 bits per heavy atom. The Labute approximate surface area is 316 Å². The topological polar surface area (TPSA) is 62.4 Å². The molecule has 11 aromatic rings. The van der Waals surface area contributed by atoms with E-state index in [1.807, 2.05) is 24.3 Å². The average molecular weight is 700 g/mol. The third-order valence-corrected chi connectivity index (χ3v) is 11.1. The van der Waals surface area contributed by atoms with Gasteiger partial charge in [-0.05, 0) is 84.4 Å². The fourth-order valence-electron chi connectivity index (χ4n) is 8.77. The molecule has 3 aromatic heterocycles. The summed E-state index contributed by atoms with van der Waals surface area (Å²) in [5, 5.41) is 26.6. The molecule has 5 heteroatoms. The number of rotatable bonds is 4. The first-order valence-corrected chi connectivity index (χ1v) is 18.3. The highest BCUT2D eigenvalue weighted by Gasteiger charge is 2.21. The normalized spacial score (nSPS) is 11.6. The Morgan fingerprint density at radius 3 is 1.47 bits per heavy atom. The highest BCUT2D eigenvalue weighted by Crippen LogP contribution is 2.41. The van der Waals surface area contributed by atoms with Gasteiger partial charge in [-0.1, -0.05) is 97.1 Å². The summed E-state index contributed by atoms with van der Waals surface area (Å²) in [6, 6.07) is 66.0. The van der Waals surface area contributed by atoms with E-state index in [0.717, 1.165) is 82.8 Å². The molecule has 0 bridgehead atoms. The van der Waals surface area contributed by atoms with E-state index in [2.05, 4.69) is 177 Å². The van der Waals surface area contributed by atoms with Crippen LogP contribution < -0.4 is 0 Å². The maximum Gasteiger partial charge on any atom is 0.0992 e. The van der Waals surface area contributed by atoms with Crippen molar-refractivity contribution < 1.29 is 0 Å². The minimum absolute atomic E-state index is 0.618. The van der Waals surface area contributed by atoms with Crippen molar-refractivity contribution in [2.45, 2.75) is 0 Å². The smallest absolute Gasteiger partial charge is 0.0992 e. The zero-order valence-corrected chi connectivity index (χ0v) is 29.5. The van der Waals surface area contributed by atoms with Crippen LogP contribution in [-0.4, -0.2) is 13.7 Å². The van der Waals surface area contributed by atoms with Crippen molar-refractivity contribution in [3.63, 3.8) is 0 Å². The molecule has 0 fully saturated rings. The fourth-order valence-corrected chi connectivity index (χ4v) is 8.77. The Morgan fingerprint density at radius 1 is 0.345 bits per heavy atom. The van der Waals surface area contributed by atoms with Crippen LogP contribution in [0.1, 0.15) is 11.1 Å². The van der Waals surface area contributed by atoms with Gasteiger partial charge in [-0.3, -0.25) is 0 Å². The van der Waals surface area contributed by atoms with Gasteiger partial charge in [0.1, 0.15) is 0 Å². The summed E-state index contributed by atoms with van der Waals surface area (Å²) >= 11 is 0. The lowest BCUT2D eigenvalue weighted by Gasteiger charge is -2.15. The Balaban J connectivity index is 1.11. The summed E-state index contributed by atoms with van der Waals surface area (Å²) in [6.45, 7) is 0. The Kier molecular flexibility index (Phi) is 6.61. The molecular weight excluding hydrogens is 671 g/mol. The molecule has 0 amide bonds.